The van der Waals surface area contributed by atoms with E-state index in [9.17, 15) is 4.39 Å². The van der Waals surface area contributed by atoms with Crippen molar-refractivity contribution in [3.8, 4) is 0 Å². The van der Waals surface area contributed by atoms with Crippen LogP contribution in [0.4, 0.5) is 4.39 Å². The zero-order chi connectivity index (χ0) is 14.6. The predicted molar refractivity (Wildman–Crippen MR) is 86.5 cm³/mol. The smallest absolute Gasteiger partial charge is 0.127 e. The lowest BCUT2D eigenvalue weighted by atomic mass is 9.70. The van der Waals surface area contributed by atoms with Crippen LogP contribution in [0.1, 0.15) is 51.5 Å². The molecule has 0 radical (unpaired) electrons. The van der Waals surface area contributed by atoms with Gasteiger partial charge >= 0.3 is 0 Å². The third-order valence-corrected chi connectivity index (χ3v) is 4.87. The molecule has 1 nitrogen and oxygen atoms in total. The van der Waals surface area contributed by atoms with E-state index < -0.39 is 0 Å². The van der Waals surface area contributed by atoms with Gasteiger partial charge in [0.15, 0.2) is 0 Å². The first-order valence-corrected chi connectivity index (χ1v) is 8.47. The Balaban J connectivity index is 2.14. The summed E-state index contributed by atoms with van der Waals surface area (Å²) in [6.45, 7) is 5.35. The lowest BCUT2D eigenvalue weighted by molar-refractivity contribution is 0.175. The lowest BCUT2D eigenvalue weighted by Crippen LogP contribution is -2.40. The van der Waals surface area contributed by atoms with Gasteiger partial charge in [-0.3, -0.25) is 0 Å². The molecule has 1 aromatic carbocycles. The first kappa shape index (κ1) is 16.0. The first-order chi connectivity index (χ1) is 9.51. The Bertz CT molecular complexity index is 439. The fourth-order valence-corrected chi connectivity index (χ4v) is 3.54. The van der Waals surface area contributed by atoms with E-state index in [1.165, 1.54) is 32.1 Å². The van der Waals surface area contributed by atoms with E-state index in [1.54, 1.807) is 6.07 Å². The van der Waals surface area contributed by atoms with Crippen LogP contribution in [-0.2, 0) is 6.42 Å². The molecule has 1 fully saturated rings. The fraction of sp³-hybridized carbons (Fsp3) is 0.647. The summed E-state index contributed by atoms with van der Waals surface area (Å²) in [4.78, 5) is 0. The molecule has 0 heterocycles. The van der Waals surface area contributed by atoms with E-state index in [2.05, 4.69) is 35.1 Å². The minimum atomic E-state index is -0.0751. The van der Waals surface area contributed by atoms with E-state index in [0.29, 0.717) is 6.04 Å². The summed E-state index contributed by atoms with van der Waals surface area (Å²) in [6.07, 6.45) is 7.15. The standard InChI is InChI=1S/C17H25BrFN/c1-13(2)20-12-17(8-4-3-5-9-17)11-14-6-7-15(18)10-16(14)19/h6-7,10,13,20H,3-5,8-9,11-12H2,1-2H3. The van der Waals surface area contributed by atoms with Crippen molar-refractivity contribution >= 4 is 15.9 Å². The minimum absolute atomic E-state index is 0.0751. The van der Waals surface area contributed by atoms with Crippen molar-refractivity contribution in [2.75, 3.05) is 6.54 Å². The highest BCUT2D eigenvalue weighted by atomic mass is 79.9. The average Bonchev–Trinajstić information content (AvgIpc) is 2.41. The van der Waals surface area contributed by atoms with Gasteiger partial charge in [-0.25, -0.2) is 4.39 Å². The summed E-state index contributed by atoms with van der Waals surface area (Å²) >= 11 is 3.33. The third-order valence-electron chi connectivity index (χ3n) is 4.38. The fourth-order valence-electron chi connectivity index (χ4n) is 3.21. The highest BCUT2D eigenvalue weighted by molar-refractivity contribution is 9.10. The Kier molecular flexibility index (Phi) is 5.62. The Hall–Kier alpha value is -0.410. The molecule has 0 unspecified atom stereocenters. The maximum atomic E-state index is 14.1. The van der Waals surface area contributed by atoms with Crippen LogP contribution in [0, 0.1) is 11.2 Å². The first-order valence-electron chi connectivity index (χ1n) is 7.68. The Morgan fingerprint density at radius 3 is 2.55 bits per heavy atom. The molecule has 20 heavy (non-hydrogen) atoms. The maximum Gasteiger partial charge on any atom is 0.127 e. The van der Waals surface area contributed by atoms with Gasteiger partial charge in [-0.05, 0) is 42.4 Å². The summed E-state index contributed by atoms with van der Waals surface area (Å²) in [7, 11) is 0. The van der Waals surface area contributed by atoms with E-state index in [0.717, 1.165) is 23.0 Å². The number of hydrogen-bond donors (Lipinski definition) is 1. The Morgan fingerprint density at radius 1 is 1.25 bits per heavy atom. The molecule has 0 saturated heterocycles. The SMILES string of the molecule is CC(C)NCC1(Cc2ccc(Br)cc2F)CCCCC1. The molecular formula is C17H25BrFN. The van der Waals surface area contributed by atoms with Crippen molar-refractivity contribution in [3.63, 3.8) is 0 Å². The van der Waals surface area contributed by atoms with Crippen LogP contribution in [-0.4, -0.2) is 12.6 Å². The van der Waals surface area contributed by atoms with Gasteiger partial charge in [0.05, 0.1) is 0 Å². The molecule has 0 aliphatic heterocycles. The highest BCUT2D eigenvalue weighted by Gasteiger charge is 2.32. The highest BCUT2D eigenvalue weighted by Crippen LogP contribution is 2.39. The molecule has 1 aliphatic carbocycles. The van der Waals surface area contributed by atoms with E-state index in [1.807, 2.05) is 12.1 Å². The van der Waals surface area contributed by atoms with Gasteiger partial charge in [-0.15, -0.1) is 0 Å². The summed E-state index contributed by atoms with van der Waals surface area (Å²) < 4.78 is 14.9. The number of nitrogens with one attached hydrogen (secondary N) is 1. The van der Waals surface area contributed by atoms with Crippen molar-refractivity contribution < 1.29 is 4.39 Å². The molecule has 0 aromatic heterocycles. The zero-order valence-electron chi connectivity index (χ0n) is 12.5. The lowest BCUT2D eigenvalue weighted by Gasteiger charge is -2.38. The summed E-state index contributed by atoms with van der Waals surface area (Å²) in [5.74, 6) is -0.0751. The van der Waals surface area contributed by atoms with E-state index >= 15 is 0 Å². The van der Waals surface area contributed by atoms with Crippen LogP contribution < -0.4 is 5.32 Å². The van der Waals surface area contributed by atoms with Crippen LogP contribution in [0.25, 0.3) is 0 Å². The molecule has 1 aromatic rings. The second kappa shape index (κ2) is 7.04. The van der Waals surface area contributed by atoms with E-state index in [4.69, 9.17) is 0 Å². The average molecular weight is 342 g/mol. The van der Waals surface area contributed by atoms with Crippen molar-refractivity contribution in [3.05, 3.63) is 34.1 Å². The molecule has 0 amide bonds. The molecule has 0 spiro atoms. The minimum Gasteiger partial charge on any atom is -0.314 e. The molecule has 2 rings (SSSR count). The molecule has 1 aliphatic rings. The maximum absolute atomic E-state index is 14.1. The summed E-state index contributed by atoms with van der Waals surface area (Å²) in [5, 5.41) is 3.58. The molecular weight excluding hydrogens is 317 g/mol. The number of hydrogen-bond acceptors (Lipinski definition) is 1. The molecule has 1 saturated carbocycles. The molecule has 0 atom stereocenters. The number of halogens is 2. The summed E-state index contributed by atoms with van der Waals surface area (Å²) in [6, 6.07) is 5.96. The molecule has 3 heteroatoms. The van der Waals surface area contributed by atoms with Gasteiger partial charge in [0.25, 0.3) is 0 Å². The van der Waals surface area contributed by atoms with Gasteiger partial charge in [-0.2, -0.15) is 0 Å². The van der Waals surface area contributed by atoms with Gasteiger partial charge in [0, 0.05) is 17.1 Å². The molecule has 1 N–H and O–H groups in total. The summed E-state index contributed by atoms with van der Waals surface area (Å²) in [5.41, 5.74) is 1.10. The monoisotopic (exact) mass is 341 g/mol. The van der Waals surface area contributed by atoms with Gasteiger partial charge in [0.2, 0.25) is 0 Å². The van der Waals surface area contributed by atoms with Crippen LogP contribution >= 0.6 is 15.9 Å². The predicted octanol–water partition coefficient (Wildman–Crippen LogP) is 5.08. The van der Waals surface area contributed by atoms with Crippen LogP contribution in [0.15, 0.2) is 22.7 Å². The Labute approximate surface area is 130 Å². The topological polar surface area (TPSA) is 12.0 Å². The van der Waals surface area contributed by atoms with Gasteiger partial charge < -0.3 is 5.32 Å². The van der Waals surface area contributed by atoms with Gasteiger partial charge in [0.1, 0.15) is 5.82 Å². The van der Waals surface area contributed by atoms with Gasteiger partial charge in [-0.1, -0.05) is 55.1 Å². The van der Waals surface area contributed by atoms with Crippen molar-refractivity contribution in [2.24, 2.45) is 5.41 Å². The second-order valence-electron chi connectivity index (χ2n) is 6.51. The largest absolute Gasteiger partial charge is 0.314 e. The molecule has 112 valence electrons. The Morgan fingerprint density at radius 2 is 1.95 bits per heavy atom. The number of rotatable bonds is 5. The second-order valence-corrected chi connectivity index (χ2v) is 7.42. The van der Waals surface area contributed by atoms with Crippen molar-refractivity contribution in [1.82, 2.24) is 5.32 Å². The van der Waals surface area contributed by atoms with Crippen LogP contribution in [0.3, 0.4) is 0 Å². The van der Waals surface area contributed by atoms with Crippen molar-refractivity contribution in [1.29, 1.82) is 0 Å². The van der Waals surface area contributed by atoms with Crippen molar-refractivity contribution in [2.45, 2.75) is 58.4 Å². The quantitative estimate of drug-likeness (QED) is 0.787. The van der Waals surface area contributed by atoms with E-state index in [-0.39, 0.29) is 11.2 Å². The van der Waals surface area contributed by atoms with Crippen LogP contribution in [0.5, 0.6) is 0 Å². The zero-order valence-corrected chi connectivity index (χ0v) is 14.1. The molecule has 0 bridgehead atoms. The number of benzene rings is 1. The normalized spacial score (nSPS) is 18.4. The van der Waals surface area contributed by atoms with Crippen LogP contribution in [0.2, 0.25) is 0 Å². The third kappa shape index (κ3) is 4.29.